The molecular formula is C17H20N6O. The molecule has 1 aromatic carbocycles. The number of H-pyrrole nitrogens is 1. The summed E-state index contributed by atoms with van der Waals surface area (Å²) in [6, 6.07) is 7.67. The fourth-order valence-corrected chi connectivity index (χ4v) is 2.62. The quantitative estimate of drug-likeness (QED) is 0.763. The van der Waals surface area contributed by atoms with Crippen molar-refractivity contribution in [2.24, 2.45) is 0 Å². The Morgan fingerprint density at radius 2 is 2.04 bits per heavy atom. The number of nitrogens with one attached hydrogen (secondary N) is 1. The first-order valence-corrected chi connectivity index (χ1v) is 7.75. The average Bonchev–Trinajstić information content (AvgIpc) is 2.95. The molecule has 0 unspecified atom stereocenters. The molecule has 3 aromatic rings. The molecule has 0 saturated heterocycles. The van der Waals surface area contributed by atoms with Gasteiger partial charge in [0.15, 0.2) is 0 Å². The summed E-state index contributed by atoms with van der Waals surface area (Å²) in [5.41, 5.74) is 9.71. The minimum Gasteiger partial charge on any atom is -0.368 e. The number of nitrogens with zero attached hydrogens (tertiary/aromatic N) is 4. The van der Waals surface area contributed by atoms with E-state index in [1.165, 1.54) is 0 Å². The van der Waals surface area contributed by atoms with Crippen molar-refractivity contribution in [3.05, 3.63) is 47.0 Å². The second-order valence-corrected chi connectivity index (χ2v) is 5.88. The van der Waals surface area contributed by atoms with Gasteiger partial charge < -0.3 is 15.6 Å². The molecule has 0 radical (unpaired) electrons. The van der Waals surface area contributed by atoms with Crippen LogP contribution in [0.1, 0.15) is 27.6 Å². The number of hydrogen-bond acceptors (Lipinski definition) is 5. The summed E-state index contributed by atoms with van der Waals surface area (Å²) in [7, 11) is 1.74. The van der Waals surface area contributed by atoms with Gasteiger partial charge in [-0.1, -0.05) is 12.1 Å². The highest BCUT2D eigenvalue weighted by atomic mass is 16.2. The van der Waals surface area contributed by atoms with Gasteiger partial charge >= 0.3 is 0 Å². The molecule has 24 heavy (non-hydrogen) atoms. The van der Waals surface area contributed by atoms with Crippen molar-refractivity contribution in [3.63, 3.8) is 0 Å². The molecule has 0 aliphatic rings. The van der Waals surface area contributed by atoms with Crippen LogP contribution in [-0.4, -0.2) is 44.3 Å². The first-order chi connectivity index (χ1) is 11.4. The first kappa shape index (κ1) is 15.9. The zero-order valence-electron chi connectivity index (χ0n) is 14.0. The molecule has 0 aliphatic heterocycles. The number of rotatable bonds is 4. The maximum atomic E-state index is 12.4. The molecule has 0 aliphatic carbocycles. The normalized spacial score (nSPS) is 11.0. The van der Waals surface area contributed by atoms with Crippen LogP contribution in [0.4, 0.5) is 5.95 Å². The Labute approximate surface area is 139 Å². The highest BCUT2D eigenvalue weighted by molar-refractivity contribution is 5.92. The van der Waals surface area contributed by atoms with E-state index in [2.05, 4.69) is 19.9 Å². The third kappa shape index (κ3) is 3.19. The number of carbonyl (C=O) groups is 1. The van der Waals surface area contributed by atoms with Crippen molar-refractivity contribution in [3.8, 4) is 0 Å². The number of aromatic nitrogens is 4. The van der Waals surface area contributed by atoms with E-state index in [-0.39, 0.29) is 11.9 Å². The van der Waals surface area contributed by atoms with Crippen LogP contribution in [0.5, 0.6) is 0 Å². The van der Waals surface area contributed by atoms with Gasteiger partial charge in [0, 0.05) is 25.7 Å². The van der Waals surface area contributed by atoms with Crippen molar-refractivity contribution in [2.75, 3.05) is 19.3 Å². The van der Waals surface area contributed by atoms with Crippen LogP contribution in [0, 0.1) is 13.8 Å². The molecule has 7 heteroatoms. The summed E-state index contributed by atoms with van der Waals surface area (Å²) in [5, 5.41) is 0. The van der Waals surface area contributed by atoms with E-state index < -0.39 is 0 Å². The molecule has 124 valence electrons. The Kier molecular flexibility index (Phi) is 4.16. The van der Waals surface area contributed by atoms with Gasteiger partial charge in [-0.25, -0.2) is 15.0 Å². The highest BCUT2D eigenvalue weighted by Gasteiger charge is 2.15. The third-order valence-corrected chi connectivity index (χ3v) is 3.88. The Bertz CT molecular complexity index is 881. The summed E-state index contributed by atoms with van der Waals surface area (Å²) in [4.78, 5) is 29.9. The van der Waals surface area contributed by atoms with E-state index in [0.29, 0.717) is 24.4 Å². The van der Waals surface area contributed by atoms with Gasteiger partial charge in [-0.05, 0) is 31.5 Å². The van der Waals surface area contributed by atoms with Crippen LogP contribution in [-0.2, 0) is 6.42 Å². The molecule has 1 amide bonds. The monoisotopic (exact) mass is 324 g/mol. The van der Waals surface area contributed by atoms with Crippen molar-refractivity contribution in [2.45, 2.75) is 20.3 Å². The molecule has 2 heterocycles. The number of para-hydroxylation sites is 1. The molecular weight excluding hydrogens is 304 g/mol. The van der Waals surface area contributed by atoms with Crippen molar-refractivity contribution in [1.82, 2.24) is 24.8 Å². The Hall–Kier alpha value is -2.96. The van der Waals surface area contributed by atoms with Crippen molar-refractivity contribution < 1.29 is 4.79 Å². The number of nitrogen functional groups attached to an aromatic ring is 1. The van der Waals surface area contributed by atoms with Crippen LogP contribution in [0.15, 0.2) is 24.3 Å². The van der Waals surface area contributed by atoms with Gasteiger partial charge in [0.1, 0.15) is 11.5 Å². The number of likely N-dealkylation sites (N-methyl/N-ethyl adjacent to an activating group) is 1. The number of carbonyl (C=O) groups excluding carboxylic acids is 1. The van der Waals surface area contributed by atoms with E-state index in [0.717, 1.165) is 22.4 Å². The number of hydrogen-bond donors (Lipinski definition) is 2. The largest absolute Gasteiger partial charge is 0.368 e. The second-order valence-electron chi connectivity index (χ2n) is 5.88. The molecule has 3 rings (SSSR count). The molecule has 3 N–H and O–H groups in total. The Morgan fingerprint density at radius 3 is 2.75 bits per heavy atom. The van der Waals surface area contributed by atoms with Crippen LogP contribution >= 0.6 is 0 Å². The smallest absolute Gasteiger partial charge is 0.272 e. The topological polar surface area (TPSA) is 101 Å². The average molecular weight is 324 g/mol. The minimum atomic E-state index is -0.181. The van der Waals surface area contributed by atoms with Crippen LogP contribution in [0.25, 0.3) is 11.0 Å². The van der Waals surface area contributed by atoms with Gasteiger partial charge in [0.2, 0.25) is 5.95 Å². The number of amides is 1. The molecule has 7 nitrogen and oxygen atoms in total. The van der Waals surface area contributed by atoms with Gasteiger partial charge in [0.05, 0.1) is 11.0 Å². The number of benzene rings is 1. The Balaban J connectivity index is 1.70. The van der Waals surface area contributed by atoms with Crippen LogP contribution < -0.4 is 5.73 Å². The lowest BCUT2D eigenvalue weighted by molar-refractivity contribution is 0.0790. The zero-order valence-corrected chi connectivity index (χ0v) is 14.0. The first-order valence-electron chi connectivity index (χ1n) is 7.75. The second kappa shape index (κ2) is 6.27. The highest BCUT2D eigenvalue weighted by Crippen LogP contribution is 2.16. The van der Waals surface area contributed by atoms with Gasteiger partial charge in [-0.3, -0.25) is 4.79 Å². The fraction of sp³-hybridized carbons (Fsp3) is 0.294. The summed E-state index contributed by atoms with van der Waals surface area (Å²) in [6.07, 6.45) is 0.635. The summed E-state index contributed by atoms with van der Waals surface area (Å²) < 4.78 is 0. The zero-order chi connectivity index (χ0) is 17.3. The van der Waals surface area contributed by atoms with E-state index in [4.69, 9.17) is 5.73 Å². The molecule has 0 atom stereocenters. The molecule has 0 saturated carbocycles. The van der Waals surface area contributed by atoms with Crippen molar-refractivity contribution in [1.29, 1.82) is 0 Å². The van der Waals surface area contributed by atoms with E-state index in [9.17, 15) is 4.79 Å². The van der Waals surface area contributed by atoms with Gasteiger partial charge in [-0.15, -0.1) is 0 Å². The maximum Gasteiger partial charge on any atom is 0.272 e. The summed E-state index contributed by atoms with van der Waals surface area (Å²) in [5.74, 6) is 0.788. The predicted octanol–water partition coefficient (Wildman–Crippen LogP) is 1.87. The Morgan fingerprint density at radius 1 is 1.25 bits per heavy atom. The lowest BCUT2D eigenvalue weighted by Crippen LogP contribution is -2.30. The van der Waals surface area contributed by atoms with Gasteiger partial charge in [-0.2, -0.15) is 0 Å². The van der Waals surface area contributed by atoms with Crippen molar-refractivity contribution >= 4 is 22.9 Å². The van der Waals surface area contributed by atoms with Crippen LogP contribution in [0.2, 0.25) is 0 Å². The molecule has 0 spiro atoms. The number of nitrogens with two attached hydrogens (primary N) is 1. The number of aryl methyl sites for hydroxylation is 2. The van der Waals surface area contributed by atoms with E-state index in [1.54, 1.807) is 24.9 Å². The standard InChI is InChI=1S/C17H20N6O/c1-10-5-4-6-12-15(10)22-14(20-12)7-8-23(3)16(24)13-9-11(2)19-17(18)21-13/h4-6,9H,7-8H2,1-3H3,(H,20,22)(H2,18,19,21). The molecule has 0 bridgehead atoms. The lowest BCUT2D eigenvalue weighted by Gasteiger charge is -2.16. The number of imidazole rings is 1. The molecule has 0 fully saturated rings. The number of fused-ring (bicyclic) bond motifs is 1. The fourth-order valence-electron chi connectivity index (χ4n) is 2.62. The van der Waals surface area contributed by atoms with Gasteiger partial charge in [0.25, 0.3) is 5.91 Å². The summed E-state index contributed by atoms with van der Waals surface area (Å²) >= 11 is 0. The van der Waals surface area contributed by atoms with E-state index in [1.807, 2.05) is 25.1 Å². The SMILES string of the molecule is Cc1cc(C(=O)N(C)CCc2nc3c(C)cccc3[nH]2)nc(N)n1. The maximum absolute atomic E-state index is 12.4. The summed E-state index contributed by atoms with van der Waals surface area (Å²) in [6.45, 7) is 4.34. The predicted molar refractivity (Wildman–Crippen MR) is 92.7 cm³/mol. The lowest BCUT2D eigenvalue weighted by atomic mass is 10.2. The number of anilines is 1. The van der Waals surface area contributed by atoms with E-state index >= 15 is 0 Å². The number of aromatic amines is 1. The van der Waals surface area contributed by atoms with Crippen LogP contribution in [0.3, 0.4) is 0 Å². The molecule has 2 aromatic heterocycles. The minimum absolute atomic E-state index is 0.111. The third-order valence-electron chi connectivity index (χ3n) is 3.88.